The highest BCUT2D eigenvalue weighted by Crippen LogP contribution is 2.19. The lowest BCUT2D eigenvalue weighted by molar-refractivity contribution is -0.123. The zero-order valence-corrected chi connectivity index (χ0v) is 13.5. The molecular formula is C21H26O. The standard InChI is InChI=1S/C21H26O/c1-2-3-14-20(17-19-12-8-5-9-13-19)21(22)16-15-18-10-6-4-7-11-18/h4-13,20H,2-3,14-17H2,1H3. The van der Waals surface area contributed by atoms with Crippen molar-refractivity contribution >= 4 is 5.78 Å². The third-order valence-corrected chi connectivity index (χ3v) is 4.19. The Labute approximate surface area is 134 Å². The topological polar surface area (TPSA) is 17.1 Å². The van der Waals surface area contributed by atoms with E-state index in [0.29, 0.717) is 12.2 Å². The number of aryl methyl sites for hydroxylation is 1. The lowest BCUT2D eigenvalue weighted by Gasteiger charge is -2.16. The molecule has 0 saturated heterocycles. The van der Waals surface area contributed by atoms with Gasteiger partial charge in [0.2, 0.25) is 0 Å². The highest BCUT2D eigenvalue weighted by atomic mass is 16.1. The van der Waals surface area contributed by atoms with E-state index in [2.05, 4.69) is 43.3 Å². The fraction of sp³-hybridized carbons (Fsp3) is 0.381. The monoisotopic (exact) mass is 294 g/mol. The number of Topliss-reactive ketones (excluding diaryl/α,β-unsaturated/α-hetero) is 1. The summed E-state index contributed by atoms with van der Waals surface area (Å²) < 4.78 is 0. The molecule has 1 nitrogen and oxygen atoms in total. The summed E-state index contributed by atoms with van der Waals surface area (Å²) in [6, 6.07) is 20.7. The van der Waals surface area contributed by atoms with Gasteiger partial charge in [0.05, 0.1) is 0 Å². The van der Waals surface area contributed by atoms with Crippen LogP contribution in [0, 0.1) is 5.92 Å². The Kier molecular flexibility index (Phi) is 6.89. The fourth-order valence-electron chi connectivity index (χ4n) is 2.84. The predicted molar refractivity (Wildman–Crippen MR) is 92.9 cm³/mol. The molecule has 0 aromatic heterocycles. The van der Waals surface area contributed by atoms with E-state index in [4.69, 9.17) is 0 Å². The number of unbranched alkanes of at least 4 members (excludes halogenated alkanes) is 1. The molecule has 0 aliphatic carbocycles. The summed E-state index contributed by atoms with van der Waals surface area (Å²) >= 11 is 0. The maximum atomic E-state index is 12.6. The zero-order valence-electron chi connectivity index (χ0n) is 13.5. The normalized spacial score (nSPS) is 12.0. The van der Waals surface area contributed by atoms with Crippen molar-refractivity contribution in [2.24, 2.45) is 5.92 Å². The second kappa shape index (κ2) is 9.19. The van der Waals surface area contributed by atoms with Crippen LogP contribution >= 0.6 is 0 Å². The van der Waals surface area contributed by atoms with Crippen LogP contribution in [0.4, 0.5) is 0 Å². The third kappa shape index (κ3) is 5.48. The summed E-state index contributed by atoms with van der Waals surface area (Å²) in [6.07, 6.45) is 5.70. The first-order valence-electron chi connectivity index (χ1n) is 8.40. The first-order valence-corrected chi connectivity index (χ1v) is 8.40. The van der Waals surface area contributed by atoms with Gasteiger partial charge in [-0.25, -0.2) is 0 Å². The summed E-state index contributed by atoms with van der Waals surface area (Å²) in [5.41, 5.74) is 2.53. The van der Waals surface area contributed by atoms with E-state index in [-0.39, 0.29) is 5.92 Å². The van der Waals surface area contributed by atoms with Gasteiger partial charge >= 0.3 is 0 Å². The second-order valence-electron chi connectivity index (χ2n) is 5.98. The number of carbonyl (C=O) groups excluding carboxylic acids is 1. The molecule has 2 rings (SSSR count). The first kappa shape index (κ1) is 16.5. The molecule has 22 heavy (non-hydrogen) atoms. The van der Waals surface area contributed by atoms with Gasteiger partial charge in [0, 0.05) is 12.3 Å². The Balaban J connectivity index is 1.93. The van der Waals surface area contributed by atoms with Crippen LogP contribution in [0.5, 0.6) is 0 Å². The maximum Gasteiger partial charge on any atom is 0.136 e. The summed E-state index contributed by atoms with van der Waals surface area (Å²) in [7, 11) is 0. The molecule has 2 aromatic rings. The van der Waals surface area contributed by atoms with Gasteiger partial charge in [-0.05, 0) is 30.4 Å². The molecule has 0 spiro atoms. The van der Waals surface area contributed by atoms with E-state index in [1.165, 1.54) is 11.1 Å². The quantitative estimate of drug-likeness (QED) is 0.618. The molecule has 1 unspecified atom stereocenters. The molecule has 0 N–H and O–H groups in total. The molecule has 0 bridgehead atoms. The van der Waals surface area contributed by atoms with E-state index in [0.717, 1.165) is 32.1 Å². The molecule has 0 saturated carbocycles. The van der Waals surface area contributed by atoms with Crippen LogP contribution in [0.2, 0.25) is 0 Å². The minimum Gasteiger partial charge on any atom is -0.299 e. The van der Waals surface area contributed by atoms with Crippen molar-refractivity contribution in [1.82, 2.24) is 0 Å². The molecular weight excluding hydrogens is 268 g/mol. The van der Waals surface area contributed by atoms with Crippen molar-refractivity contribution in [3.8, 4) is 0 Å². The van der Waals surface area contributed by atoms with Crippen molar-refractivity contribution in [3.05, 3.63) is 71.8 Å². The zero-order chi connectivity index (χ0) is 15.6. The van der Waals surface area contributed by atoms with Crippen LogP contribution < -0.4 is 0 Å². The smallest absolute Gasteiger partial charge is 0.136 e. The molecule has 0 aliphatic heterocycles. The molecule has 0 fully saturated rings. The van der Waals surface area contributed by atoms with Gasteiger partial charge in [-0.1, -0.05) is 80.4 Å². The van der Waals surface area contributed by atoms with Crippen molar-refractivity contribution in [2.45, 2.75) is 45.4 Å². The maximum absolute atomic E-state index is 12.6. The minimum atomic E-state index is 0.172. The van der Waals surface area contributed by atoms with Gasteiger partial charge in [-0.15, -0.1) is 0 Å². The molecule has 2 aromatic carbocycles. The first-order chi connectivity index (χ1) is 10.8. The summed E-state index contributed by atoms with van der Waals surface area (Å²) in [6.45, 7) is 2.19. The lowest BCUT2D eigenvalue weighted by atomic mass is 9.88. The molecule has 0 heterocycles. The van der Waals surface area contributed by atoms with E-state index >= 15 is 0 Å². The molecule has 1 heteroatoms. The van der Waals surface area contributed by atoms with Crippen LogP contribution in [0.3, 0.4) is 0 Å². The Morgan fingerprint density at radius 3 is 2.09 bits per heavy atom. The van der Waals surface area contributed by atoms with Gasteiger partial charge in [-0.2, -0.15) is 0 Å². The van der Waals surface area contributed by atoms with Crippen LogP contribution in [-0.4, -0.2) is 5.78 Å². The Hall–Kier alpha value is -1.89. The van der Waals surface area contributed by atoms with Crippen LogP contribution in [0.1, 0.15) is 43.7 Å². The third-order valence-electron chi connectivity index (χ3n) is 4.19. The Morgan fingerprint density at radius 2 is 1.50 bits per heavy atom. The number of rotatable bonds is 9. The average Bonchev–Trinajstić information content (AvgIpc) is 2.58. The number of carbonyl (C=O) groups is 1. The van der Waals surface area contributed by atoms with E-state index in [9.17, 15) is 4.79 Å². The summed E-state index contributed by atoms with van der Waals surface area (Å²) in [4.78, 5) is 12.6. The molecule has 0 aliphatic rings. The van der Waals surface area contributed by atoms with E-state index in [1.807, 2.05) is 24.3 Å². The predicted octanol–water partition coefficient (Wildman–Crippen LogP) is 5.24. The van der Waals surface area contributed by atoms with Gasteiger partial charge < -0.3 is 0 Å². The van der Waals surface area contributed by atoms with Crippen LogP contribution in [0.25, 0.3) is 0 Å². The van der Waals surface area contributed by atoms with Crippen LogP contribution in [-0.2, 0) is 17.6 Å². The SMILES string of the molecule is CCCCC(Cc1ccccc1)C(=O)CCc1ccccc1. The molecule has 1 atom stereocenters. The van der Waals surface area contributed by atoms with Crippen molar-refractivity contribution in [1.29, 1.82) is 0 Å². The average molecular weight is 294 g/mol. The number of ketones is 1. The van der Waals surface area contributed by atoms with E-state index in [1.54, 1.807) is 0 Å². The molecule has 0 amide bonds. The fourth-order valence-corrected chi connectivity index (χ4v) is 2.84. The van der Waals surface area contributed by atoms with Crippen molar-refractivity contribution in [2.75, 3.05) is 0 Å². The van der Waals surface area contributed by atoms with Gasteiger partial charge in [-0.3, -0.25) is 4.79 Å². The summed E-state index contributed by atoms with van der Waals surface area (Å²) in [5, 5.41) is 0. The number of hydrogen-bond donors (Lipinski definition) is 0. The highest BCUT2D eigenvalue weighted by Gasteiger charge is 2.18. The highest BCUT2D eigenvalue weighted by molar-refractivity contribution is 5.81. The van der Waals surface area contributed by atoms with Gasteiger partial charge in [0.25, 0.3) is 0 Å². The molecule has 0 radical (unpaired) electrons. The van der Waals surface area contributed by atoms with Crippen molar-refractivity contribution in [3.63, 3.8) is 0 Å². The number of hydrogen-bond acceptors (Lipinski definition) is 1. The van der Waals surface area contributed by atoms with Gasteiger partial charge in [0.15, 0.2) is 0 Å². The van der Waals surface area contributed by atoms with Gasteiger partial charge in [0.1, 0.15) is 5.78 Å². The lowest BCUT2D eigenvalue weighted by Crippen LogP contribution is -2.18. The Bertz CT molecular complexity index is 545. The van der Waals surface area contributed by atoms with Crippen molar-refractivity contribution < 1.29 is 4.79 Å². The van der Waals surface area contributed by atoms with Crippen LogP contribution in [0.15, 0.2) is 60.7 Å². The van der Waals surface area contributed by atoms with E-state index < -0.39 is 0 Å². The number of benzene rings is 2. The summed E-state index contributed by atoms with van der Waals surface area (Å²) in [5.74, 6) is 0.590. The second-order valence-corrected chi connectivity index (χ2v) is 5.98. The Morgan fingerprint density at radius 1 is 0.909 bits per heavy atom. The minimum absolute atomic E-state index is 0.172. The molecule has 116 valence electrons. The largest absolute Gasteiger partial charge is 0.299 e.